The average molecular weight is 914 g/mol. The molecule has 0 heterocycles. The highest BCUT2D eigenvalue weighted by molar-refractivity contribution is 5.69. The molecule has 0 aliphatic heterocycles. The number of unbranched alkanes of at least 4 members (excludes halogenated alkanes) is 50. The third-order valence-electron chi connectivity index (χ3n) is 14.6. The largest absolute Gasteiger partial charge is 0.466 e. The fourth-order valence-electron chi connectivity index (χ4n) is 9.97. The van der Waals surface area contributed by atoms with Gasteiger partial charge in [-0.3, -0.25) is 4.79 Å². The first-order valence-corrected chi connectivity index (χ1v) is 31.0. The number of allylic oxidation sites excluding steroid dienone is 2. The molecule has 65 heavy (non-hydrogen) atoms. The van der Waals surface area contributed by atoms with Crippen molar-refractivity contribution in [3.05, 3.63) is 12.2 Å². The lowest BCUT2D eigenvalue weighted by Gasteiger charge is -2.06. The molecule has 0 N–H and O–H groups in total. The molecule has 388 valence electrons. The van der Waals surface area contributed by atoms with Crippen LogP contribution in [0.1, 0.15) is 374 Å². The van der Waals surface area contributed by atoms with Gasteiger partial charge in [-0.1, -0.05) is 341 Å². The Morgan fingerprint density at radius 2 is 0.538 bits per heavy atom. The monoisotopic (exact) mass is 913 g/mol. The minimum Gasteiger partial charge on any atom is -0.466 e. The molecule has 0 bridgehead atoms. The molecule has 0 rings (SSSR count). The number of carbonyl (C=O) groups excluding carboxylic acids is 1. The van der Waals surface area contributed by atoms with Gasteiger partial charge in [0.2, 0.25) is 0 Å². The van der Waals surface area contributed by atoms with Crippen LogP contribution in [-0.2, 0) is 9.53 Å². The Bertz CT molecular complexity index is 876. The van der Waals surface area contributed by atoms with Crippen molar-refractivity contribution < 1.29 is 9.53 Å². The Morgan fingerprint density at radius 1 is 0.308 bits per heavy atom. The molecule has 0 saturated heterocycles. The minimum atomic E-state index is 0.0301. The number of carbonyl (C=O) groups is 1. The van der Waals surface area contributed by atoms with E-state index in [1.165, 1.54) is 334 Å². The van der Waals surface area contributed by atoms with Gasteiger partial charge in [0, 0.05) is 6.42 Å². The molecule has 0 atom stereocenters. The van der Waals surface area contributed by atoms with E-state index in [0.717, 1.165) is 18.8 Å². The zero-order valence-electron chi connectivity index (χ0n) is 45.6. The van der Waals surface area contributed by atoms with Crippen LogP contribution < -0.4 is 0 Å². The van der Waals surface area contributed by atoms with Gasteiger partial charge in [-0.25, -0.2) is 0 Å². The van der Waals surface area contributed by atoms with Gasteiger partial charge in [-0.2, -0.15) is 0 Å². The molecule has 2 heteroatoms. The van der Waals surface area contributed by atoms with Gasteiger partial charge in [0.1, 0.15) is 0 Å². The van der Waals surface area contributed by atoms with Crippen LogP contribution in [-0.4, -0.2) is 12.6 Å². The molecule has 0 saturated carbocycles. The molecule has 0 aromatic carbocycles. The van der Waals surface area contributed by atoms with E-state index in [4.69, 9.17) is 4.74 Å². The predicted octanol–water partition coefficient (Wildman–Crippen LogP) is 23.2. The first-order valence-electron chi connectivity index (χ1n) is 31.0. The summed E-state index contributed by atoms with van der Waals surface area (Å²) >= 11 is 0. The van der Waals surface area contributed by atoms with Crippen LogP contribution in [0.25, 0.3) is 0 Å². The molecule has 0 unspecified atom stereocenters. The third kappa shape index (κ3) is 61.2. The zero-order valence-corrected chi connectivity index (χ0v) is 45.6. The second kappa shape index (κ2) is 59.3. The van der Waals surface area contributed by atoms with Crippen LogP contribution >= 0.6 is 0 Å². The van der Waals surface area contributed by atoms with Crippen molar-refractivity contribution in [2.24, 2.45) is 5.92 Å². The lowest BCUT2D eigenvalue weighted by Crippen LogP contribution is -2.05. The van der Waals surface area contributed by atoms with Crippen molar-refractivity contribution in [2.75, 3.05) is 6.61 Å². The summed E-state index contributed by atoms with van der Waals surface area (Å²) in [5.74, 6) is 0.920. The summed E-state index contributed by atoms with van der Waals surface area (Å²) in [4.78, 5) is 12.1. The van der Waals surface area contributed by atoms with Crippen LogP contribution in [0.15, 0.2) is 12.2 Å². The molecule has 0 spiro atoms. The van der Waals surface area contributed by atoms with Gasteiger partial charge in [0.25, 0.3) is 0 Å². The minimum absolute atomic E-state index is 0.0301. The Labute approximate surface area is 412 Å². The highest BCUT2D eigenvalue weighted by atomic mass is 16.5. The molecule has 0 aliphatic carbocycles. The Morgan fingerprint density at radius 3 is 0.815 bits per heavy atom. The summed E-state index contributed by atoms with van der Waals surface area (Å²) in [5.41, 5.74) is 0. The zero-order chi connectivity index (χ0) is 46.9. The predicted molar refractivity (Wildman–Crippen MR) is 295 cm³/mol. The van der Waals surface area contributed by atoms with Gasteiger partial charge in [-0.15, -0.1) is 0 Å². The van der Waals surface area contributed by atoms with Gasteiger partial charge >= 0.3 is 5.97 Å². The van der Waals surface area contributed by atoms with E-state index in [1.54, 1.807) is 0 Å². The fraction of sp³-hybridized carbons (Fsp3) is 0.952. The highest BCUT2D eigenvalue weighted by Crippen LogP contribution is 2.19. The first kappa shape index (κ1) is 64.2. The van der Waals surface area contributed by atoms with Crippen molar-refractivity contribution >= 4 is 5.97 Å². The Kier molecular flexibility index (Phi) is 58.6. The third-order valence-corrected chi connectivity index (χ3v) is 14.6. The molecule has 2 nitrogen and oxygen atoms in total. The first-order chi connectivity index (χ1) is 32.2. The van der Waals surface area contributed by atoms with Crippen LogP contribution in [0.5, 0.6) is 0 Å². The molecule has 0 radical (unpaired) electrons. The topological polar surface area (TPSA) is 26.3 Å². The lowest BCUT2D eigenvalue weighted by molar-refractivity contribution is -0.143. The normalized spacial score (nSPS) is 11.8. The van der Waals surface area contributed by atoms with E-state index in [9.17, 15) is 4.79 Å². The van der Waals surface area contributed by atoms with E-state index in [2.05, 4.69) is 32.9 Å². The molecule has 0 fully saturated rings. The van der Waals surface area contributed by atoms with E-state index in [0.29, 0.717) is 13.0 Å². The fourth-order valence-corrected chi connectivity index (χ4v) is 9.97. The van der Waals surface area contributed by atoms with E-state index < -0.39 is 0 Å². The van der Waals surface area contributed by atoms with E-state index >= 15 is 0 Å². The molecular weight excluding hydrogens is 789 g/mol. The maximum atomic E-state index is 12.1. The molecular formula is C63H124O2. The molecule has 0 aromatic rings. The number of esters is 1. The Balaban J connectivity index is 3.15. The maximum absolute atomic E-state index is 12.1. The number of hydrogen-bond donors (Lipinski definition) is 0. The molecule has 0 aliphatic rings. The second-order valence-corrected chi connectivity index (χ2v) is 21.9. The summed E-state index contributed by atoms with van der Waals surface area (Å²) in [5, 5.41) is 0. The van der Waals surface area contributed by atoms with Crippen molar-refractivity contribution in [3.8, 4) is 0 Å². The van der Waals surface area contributed by atoms with Crippen LogP contribution in [0.4, 0.5) is 0 Å². The summed E-state index contributed by atoms with van der Waals surface area (Å²) < 4.78 is 5.51. The van der Waals surface area contributed by atoms with E-state index in [1.807, 2.05) is 0 Å². The number of hydrogen-bond acceptors (Lipinski definition) is 2. The van der Waals surface area contributed by atoms with Crippen molar-refractivity contribution in [1.29, 1.82) is 0 Å². The summed E-state index contributed by atoms with van der Waals surface area (Å²) in [6, 6.07) is 0. The SMILES string of the molecule is CCCCCCCCC=CCCCCCCCCCCCC(=O)OCCCCCCCCCCCCCCCCCCCCCCCCCCCCCCCCCCCCCCC(C)C. The van der Waals surface area contributed by atoms with Crippen LogP contribution in [0.3, 0.4) is 0 Å². The summed E-state index contributed by atoms with van der Waals surface area (Å²) in [6.45, 7) is 7.63. The Hall–Kier alpha value is -0.790. The highest BCUT2D eigenvalue weighted by Gasteiger charge is 2.03. The van der Waals surface area contributed by atoms with Crippen molar-refractivity contribution in [1.82, 2.24) is 0 Å². The van der Waals surface area contributed by atoms with Crippen molar-refractivity contribution in [2.45, 2.75) is 374 Å². The average Bonchev–Trinajstić information content (AvgIpc) is 3.30. The standard InChI is InChI=1S/C63H124O2/c1-4-5-6-7-8-9-10-11-12-13-32-36-39-42-45-48-51-54-57-60-63(64)65-61-58-55-52-49-46-43-40-37-34-31-29-27-25-23-21-19-17-15-14-16-18-20-22-24-26-28-30-33-35-38-41-44-47-50-53-56-59-62(2)3/h11-12,62H,4-10,13-61H2,1-3H3. The van der Waals surface area contributed by atoms with E-state index in [-0.39, 0.29) is 5.97 Å². The summed E-state index contributed by atoms with van der Waals surface area (Å²) in [6.07, 6.45) is 81.4. The molecule has 0 amide bonds. The molecule has 0 aromatic heterocycles. The van der Waals surface area contributed by atoms with Crippen LogP contribution in [0, 0.1) is 5.92 Å². The van der Waals surface area contributed by atoms with Crippen molar-refractivity contribution in [3.63, 3.8) is 0 Å². The second-order valence-electron chi connectivity index (χ2n) is 21.9. The van der Waals surface area contributed by atoms with Gasteiger partial charge < -0.3 is 4.74 Å². The smallest absolute Gasteiger partial charge is 0.305 e. The number of ether oxygens (including phenoxy) is 1. The van der Waals surface area contributed by atoms with Gasteiger partial charge in [0.15, 0.2) is 0 Å². The lowest BCUT2D eigenvalue weighted by atomic mass is 10.0. The van der Waals surface area contributed by atoms with Gasteiger partial charge in [0.05, 0.1) is 6.61 Å². The number of rotatable bonds is 58. The van der Waals surface area contributed by atoms with Crippen LogP contribution in [0.2, 0.25) is 0 Å². The van der Waals surface area contributed by atoms with Gasteiger partial charge in [-0.05, 0) is 44.4 Å². The summed E-state index contributed by atoms with van der Waals surface area (Å²) in [7, 11) is 0. The quantitative estimate of drug-likeness (QED) is 0.0345. The maximum Gasteiger partial charge on any atom is 0.305 e.